The van der Waals surface area contributed by atoms with E-state index in [0.717, 1.165) is 32.1 Å². The zero-order chi connectivity index (χ0) is 18.3. The third-order valence-electron chi connectivity index (χ3n) is 4.27. The first kappa shape index (κ1) is 17.3. The summed E-state index contributed by atoms with van der Waals surface area (Å²) in [6, 6.07) is 9.68. The van der Waals surface area contributed by atoms with Crippen LogP contribution >= 0.6 is 27.7 Å². The van der Waals surface area contributed by atoms with Crippen molar-refractivity contribution < 1.29 is 0 Å². The van der Waals surface area contributed by atoms with Crippen LogP contribution in [0.5, 0.6) is 0 Å². The lowest BCUT2D eigenvalue weighted by molar-refractivity contribution is 0.634. The lowest BCUT2D eigenvalue weighted by Gasteiger charge is -2.10. The molecule has 4 aromatic rings. The van der Waals surface area contributed by atoms with Crippen LogP contribution < -0.4 is 5.56 Å². The molecule has 0 fully saturated rings. The Kier molecular flexibility index (Phi) is 4.58. The van der Waals surface area contributed by atoms with Gasteiger partial charge in [0.2, 0.25) is 0 Å². The Bertz CT molecular complexity index is 1180. The average molecular weight is 429 g/mol. The minimum atomic E-state index is -0.00727. The van der Waals surface area contributed by atoms with E-state index in [1.165, 1.54) is 0 Å². The number of aromatic nitrogens is 4. The number of nitrogens with zero attached hydrogens (tertiary/aromatic N) is 4. The van der Waals surface area contributed by atoms with Gasteiger partial charge in [-0.25, -0.2) is 9.97 Å². The van der Waals surface area contributed by atoms with Crippen LogP contribution in [0.15, 0.2) is 57.1 Å². The van der Waals surface area contributed by atoms with Gasteiger partial charge in [-0.1, -0.05) is 33.8 Å². The number of benzene rings is 1. The summed E-state index contributed by atoms with van der Waals surface area (Å²) in [5.41, 5.74) is 3.79. The number of hydrogen-bond acceptors (Lipinski definition) is 4. The van der Waals surface area contributed by atoms with Crippen molar-refractivity contribution in [3.8, 4) is 0 Å². The molecule has 1 aromatic carbocycles. The van der Waals surface area contributed by atoms with Crippen LogP contribution in [-0.2, 0) is 12.3 Å². The Morgan fingerprint density at radius 3 is 2.85 bits per heavy atom. The lowest BCUT2D eigenvalue weighted by Crippen LogP contribution is -2.22. The highest BCUT2D eigenvalue weighted by molar-refractivity contribution is 9.10. The molecule has 0 aliphatic carbocycles. The molecule has 26 heavy (non-hydrogen) atoms. The summed E-state index contributed by atoms with van der Waals surface area (Å²) in [5, 5.41) is 1.36. The number of fused-ring (bicyclic) bond motifs is 2. The first-order valence-electron chi connectivity index (χ1n) is 8.33. The molecule has 132 valence electrons. The number of rotatable bonds is 4. The smallest absolute Gasteiger partial charge is 0.262 e. The molecule has 0 saturated carbocycles. The molecule has 0 N–H and O–H groups in total. The van der Waals surface area contributed by atoms with E-state index in [1.807, 2.05) is 48.0 Å². The van der Waals surface area contributed by atoms with E-state index < -0.39 is 0 Å². The quantitative estimate of drug-likeness (QED) is 0.356. The number of halogens is 1. The summed E-state index contributed by atoms with van der Waals surface area (Å²) in [5.74, 6) is 0.662. The molecule has 0 aliphatic rings. The van der Waals surface area contributed by atoms with E-state index in [-0.39, 0.29) is 5.56 Å². The van der Waals surface area contributed by atoms with E-state index >= 15 is 0 Å². The molecule has 7 heteroatoms. The van der Waals surface area contributed by atoms with E-state index in [2.05, 4.69) is 28.9 Å². The third-order valence-corrected chi connectivity index (χ3v) is 5.78. The molecule has 4 rings (SSSR count). The third kappa shape index (κ3) is 3.05. The highest BCUT2D eigenvalue weighted by Gasteiger charge is 2.12. The van der Waals surface area contributed by atoms with Crippen molar-refractivity contribution in [2.45, 2.75) is 31.3 Å². The molecular formula is C19H17BrN4OS. The molecule has 0 amide bonds. The summed E-state index contributed by atoms with van der Waals surface area (Å²) >= 11 is 4.97. The van der Waals surface area contributed by atoms with Gasteiger partial charge in [0.25, 0.3) is 5.56 Å². The first-order chi connectivity index (χ1) is 12.6. The molecule has 0 aliphatic heterocycles. The zero-order valence-electron chi connectivity index (χ0n) is 14.4. The fraction of sp³-hybridized carbons (Fsp3) is 0.211. The molecule has 0 spiro atoms. The second-order valence-corrected chi connectivity index (χ2v) is 7.91. The molecular weight excluding hydrogens is 412 g/mol. The normalized spacial score (nSPS) is 11.5. The molecule has 0 atom stereocenters. The van der Waals surface area contributed by atoms with Crippen molar-refractivity contribution in [2.75, 3.05) is 0 Å². The minimum absolute atomic E-state index is 0.00727. The van der Waals surface area contributed by atoms with Gasteiger partial charge in [0.1, 0.15) is 5.65 Å². The Labute approximate surface area is 163 Å². The van der Waals surface area contributed by atoms with E-state index in [1.54, 1.807) is 16.3 Å². The van der Waals surface area contributed by atoms with Crippen LogP contribution in [0, 0.1) is 6.92 Å². The summed E-state index contributed by atoms with van der Waals surface area (Å²) in [4.78, 5) is 22.2. The minimum Gasteiger partial charge on any atom is -0.307 e. The number of hydrogen-bond donors (Lipinski definition) is 0. The summed E-state index contributed by atoms with van der Waals surface area (Å²) in [6.45, 7) is 4.60. The van der Waals surface area contributed by atoms with Gasteiger partial charge in [-0.15, -0.1) is 0 Å². The maximum atomic E-state index is 12.8. The number of pyridine rings is 1. The lowest BCUT2D eigenvalue weighted by atomic mass is 10.2. The van der Waals surface area contributed by atoms with Crippen molar-refractivity contribution in [3.05, 3.63) is 68.8 Å². The van der Waals surface area contributed by atoms with Crippen LogP contribution in [0.1, 0.15) is 18.2 Å². The molecule has 0 saturated heterocycles. The SMILES string of the molecule is CCn1c(SCc2cn3cccc(C)c3n2)nc2ccc(Br)cc2c1=O. The zero-order valence-corrected chi connectivity index (χ0v) is 16.8. The Balaban J connectivity index is 1.71. The Morgan fingerprint density at radius 2 is 2.08 bits per heavy atom. The van der Waals surface area contributed by atoms with E-state index in [9.17, 15) is 4.79 Å². The summed E-state index contributed by atoms with van der Waals surface area (Å²) < 4.78 is 4.64. The monoisotopic (exact) mass is 428 g/mol. The van der Waals surface area contributed by atoms with Crippen LogP contribution in [-0.4, -0.2) is 18.9 Å². The second kappa shape index (κ2) is 6.89. The maximum absolute atomic E-state index is 12.8. The average Bonchev–Trinajstić information content (AvgIpc) is 3.05. The van der Waals surface area contributed by atoms with Crippen molar-refractivity contribution in [1.82, 2.24) is 18.9 Å². The second-order valence-electron chi connectivity index (χ2n) is 6.05. The van der Waals surface area contributed by atoms with Crippen LogP contribution in [0.3, 0.4) is 0 Å². The van der Waals surface area contributed by atoms with Crippen LogP contribution in [0.2, 0.25) is 0 Å². The van der Waals surface area contributed by atoms with Crippen molar-refractivity contribution in [2.24, 2.45) is 0 Å². The van der Waals surface area contributed by atoms with Gasteiger partial charge in [0.05, 0.1) is 16.6 Å². The van der Waals surface area contributed by atoms with Gasteiger partial charge in [-0.05, 0) is 43.7 Å². The summed E-state index contributed by atoms with van der Waals surface area (Å²) in [6.07, 6.45) is 4.03. The predicted molar refractivity (Wildman–Crippen MR) is 109 cm³/mol. The highest BCUT2D eigenvalue weighted by Crippen LogP contribution is 2.24. The number of imidazole rings is 1. The van der Waals surface area contributed by atoms with Gasteiger partial charge >= 0.3 is 0 Å². The van der Waals surface area contributed by atoms with E-state index in [4.69, 9.17) is 9.97 Å². The highest BCUT2D eigenvalue weighted by atomic mass is 79.9. The van der Waals surface area contributed by atoms with Gasteiger partial charge < -0.3 is 4.40 Å². The Morgan fingerprint density at radius 1 is 1.23 bits per heavy atom. The number of aryl methyl sites for hydroxylation is 1. The van der Waals surface area contributed by atoms with Gasteiger partial charge in [-0.2, -0.15) is 0 Å². The first-order valence-corrected chi connectivity index (χ1v) is 10.1. The molecule has 0 radical (unpaired) electrons. The number of thioether (sulfide) groups is 1. The van der Waals surface area contributed by atoms with Gasteiger partial charge in [-0.3, -0.25) is 9.36 Å². The van der Waals surface area contributed by atoms with Gasteiger partial charge in [0, 0.05) is 29.2 Å². The molecule has 0 bridgehead atoms. The maximum Gasteiger partial charge on any atom is 0.262 e. The largest absolute Gasteiger partial charge is 0.307 e. The Hall–Kier alpha value is -2.12. The van der Waals surface area contributed by atoms with Gasteiger partial charge in [0.15, 0.2) is 5.16 Å². The molecule has 0 unspecified atom stereocenters. The van der Waals surface area contributed by atoms with Crippen LogP contribution in [0.4, 0.5) is 0 Å². The molecule has 3 heterocycles. The fourth-order valence-corrected chi connectivity index (χ4v) is 4.28. The summed E-state index contributed by atoms with van der Waals surface area (Å²) in [7, 11) is 0. The topological polar surface area (TPSA) is 52.2 Å². The van der Waals surface area contributed by atoms with Crippen molar-refractivity contribution in [1.29, 1.82) is 0 Å². The van der Waals surface area contributed by atoms with Crippen LogP contribution in [0.25, 0.3) is 16.6 Å². The molecule has 3 aromatic heterocycles. The van der Waals surface area contributed by atoms with E-state index in [0.29, 0.717) is 17.7 Å². The predicted octanol–water partition coefficient (Wildman–Crippen LogP) is 4.43. The van der Waals surface area contributed by atoms with Crippen molar-refractivity contribution >= 4 is 44.2 Å². The fourth-order valence-electron chi connectivity index (χ4n) is 2.97. The molecule has 5 nitrogen and oxygen atoms in total. The van der Waals surface area contributed by atoms with Crippen molar-refractivity contribution in [3.63, 3.8) is 0 Å². The standard InChI is InChI=1S/C19H17BrN4OS/c1-3-24-18(25)15-9-13(20)6-7-16(15)22-19(24)26-11-14-10-23-8-4-5-12(2)17(23)21-14/h4-10H,3,11H2,1-2H3.